The van der Waals surface area contributed by atoms with Crippen LogP contribution in [0.2, 0.25) is 0 Å². The Morgan fingerprint density at radius 3 is 2.34 bits per heavy atom. The first-order valence-electron chi connectivity index (χ1n) is 11.4. The van der Waals surface area contributed by atoms with Crippen molar-refractivity contribution in [3.05, 3.63) is 36.0 Å². The summed E-state index contributed by atoms with van der Waals surface area (Å²) in [4.78, 5) is 28.6. The standard InChI is InChI=1S/C24H33N3O2/c1-2-26-17-21(20-15-9-10-16-22(20)26)23(28)27(19-13-7-4-8-14-19)24(29)25-18-11-5-3-6-12-18/h9-10,15-19H,2-8,11-14H2,1H3,(H,25,29). The number of nitrogens with zero attached hydrogens (tertiary/aromatic N) is 2. The minimum Gasteiger partial charge on any atom is -0.347 e. The number of nitrogens with one attached hydrogen (secondary N) is 1. The Morgan fingerprint density at radius 1 is 1.00 bits per heavy atom. The molecular weight excluding hydrogens is 362 g/mol. The first-order valence-corrected chi connectivity index (χ1v) is 11.4. The zero-order valence-corrected chi connectivity index (χ0v) is 17.5. The SMILES string of the molecule is CCn1cc(C(=O)N(C(=O)NC2CCCCC2)C2CCCCC2)c2ccccc21. The van der Waals surface area contributed by atoms with Crippen molar-refractivity contribution in [3.8, 4) is 0 Å². The number of imide groups is 1. The summed E-state index contributed by atoms with van der Waals surface area (Å²) in [6, 6.07) is 8.01. The molecule has 29 heavy (non-hydrogen) atoms. The fraction of sp³-hybridized carbons (Fsp3) is 0.583. The summed E-state index contributed by atoms with van der Waals surface area (Å²) >= 11 is 0. The van der Waals surface area contributed by atoms with Crippen molar-refractivity contribution in [1.82, 2.24) is 14.8 Å². The van der Waals surface area contributed by atoms with E-state index in [1.54, 1.807) is 4.90 Å². The lowest BCUT2D eigenvalue weighted by molar-refractivity contribution is 0.0703. The molecule has 156 valence electrons. The van der Waals surface area contributed by atoms with E-state index in [0.717, 1.165) is 68.8 Å². The van der Waals surface area contributed by atoms with Crippen LogP contribution < -0.4 is 5.32 Å². The van der Waals surface area contributed by atoms with E-state index in [-0.39, 0.29) is 24.0 Å². The summed E-state index contributed by atoms with van der Waals surface area (Å²) < 4.78 is 2.10. The topological polar surface area (TPSA) is 54.3 Å². The molecule has 1 aromatic carbocycles. The Bertz CT molecular complexity index is 860. The van der Waals surface area contributed by atoms with Gasteiger partial charge in [0.25, 0.3) is 5.91 Å². The fourth-order valence-electron chi connectivity index (χ4n) is 5.06. The van der Waals surface area contributed by atoms with Crippen LogP contribution in [0.3, 0.4) is 0 Å². The number of aryl methyl sites for hydroxylation is 1. The van der Waals surface area contributed by atoms with E-state index in [1.165, 1.54) is 12.8 Å². The van der Waals surface area contributed by atoms with Gasteiger partial charge in [0.2, 0.25) is 0 Å². The van der Waals surface area contributed by atoms with E-state index in [1.807, 2.05) is 30.5 Å². The maximum atomic E-state index is 13.7. The zero-order valence-electron chi connectivity index (χ0n) is 17.5. The number of carbonyl (C=O) groups is 2. The van der Waals surface area contributed by atoms with E-state index in [2.05, 4.69) is 16.8 Å². The van der Waals surface area contributed by atoms with Crippen molar-refractivity contribution in [2.24, 2.45) is 0 Å². The second-order valence-corrected chi connectivity index (χ2v) is 8.60. The number of amides is 3. The number of hydrogen-bond donors (Lipinski definition) is 1. The summed E-state index contributed by atoms with van der Waals surface area (Å²) in [6.45, 7) is 2.88. The van der Waals surface area contributed by atoms with Crippen molar-refractivity contribution >= 4 is 22.8 Å². The van der Waals surface area contributed by atoms with Gasteiger partial charge in [-0.05, 0) is 38.7 Å². The van der Waals surface area contributed by atoms with Gasteiger partial charge < -0.3 is 9.88 Å². The van der Waals surface area contributed by atoms with Gasteiger partial charge in [0.15, 0.2) is 0 Å². The van der Waals surface area contributed by atoms with Crippen LogP contribution in [0.15, 0.2) is 30.5 Å². The molecule has 1 aromatic heterocycles. The van der Waals surface area contributed by atoms with Gasteiger partial charge in [-0.1, -0.05) is 56.7 Å². The number of hydrogen-bond acceptors (Lipinski definition) is 2. The van der Waals surface area contributed by atoms with Crippen LogP contribution in [0.25, 0.3) is 10.9 Å². The Kier molecular flexibility index (Phi) is 6.22. The fourth-order valence-corrected chi connectivity index (χ4v) is 5.06. The molecule has 2 fully saturated rings. The van der Waals surface area contributed by atoms with Crippen molar-refractivity contribution in [2.45, 2.75) is 89.8 Å². The average Bonchev–Trinajstić information content (AvgIpc) is 3.14. The molecule has 1 N–H and O–H groups in total. The Hall–Kier alpha value is -2.30. The van der Waals surface area contributed by atoms with Crippen molar-refractivity contribution in [2.75, 3.05) is 0 Å². The molecule has 4 rings (SSSR count). The molecule has 1 heterocycles. The molecule has 0 atom stereocenters. The molecule has 2 aliphatic rings. The first-order chi connectivity index (χ1) is 14.2. The van der Waals surface area contributed by atoms with Crippen LogP contribution in [0.4, 0.5) is 4.79 Å². The van der Waals surface area contributed by atoms with Gasteiger partial charge in [-0.2, -0.15) is 0 Å². The quantitative estimate of drug-likeness (QED) is 0.745. The van der Waals surface area contributed by atoms with Gasteiger partial charge in [0, 0.05) is 35.7 Å². The van der Waals surface area contributed by atoms with E-state index < -0.39 is 0 Å². The Balaban J connectivity index is 1.65. The number of fused-ring (bicyclic) bond motifs is 1. The summed E-state index contributed by atoms with van der Waals surface area (Å²) in [5.74, 6) is -0.145. The highest BCUT2D eigenvalue weighted by molar-refractivity contribution is 6.12. The van der Waals surface area contributed by atoms with Crippen molar-refractivity contribution < 1.29 is 9.59 Å². The predicted octanol–water partition coefficient (Wildman–Crippen LogP) is 5.48. The van der Waals surface area contributed by atoms with Gasteiger partial charge in [0.05, 0.1) is 5.56 Å². The smallest absolute Gasteiger partial charge is 0.324 e. The predicted molar refractivity (Wildman–Crippen MR) is 116 cm³/mol. The molecule has 0 bridgehead atoms. The molecule has 2 saturated carbocycles. The second kappa shape index (κ2) is 9.02. The van der Waals surface area contributed by atoms with Crippen LogP contribution in [0.1, 0.15) is 81.5 Å². The third kappa shape index (κ3) is 4.19. The lowest BCUT2D eigenvalue weighted by atomic mass is 9.93. The zero-order chi connectivity index (χ0) is 20.2. The van der Waals surface area contributed by atoms with E-state index >= 15 is 0 Å². The minimum absolute atomic E-state index is 0.00331. The lowest BCUT2D eigenvalue weighted by Crippen LogP contribution is -2.52. The van der Waals surface area contributed by atoms with Gasteiger partial charge in [0.1, 0.15) is 0 Å². The molecule has 0 unspecified atom stereocenters. The van der Waals surface area contributed by atoms with Gasteiger partial charge in [-0.15, -0.1) is 0 Å². The number of para-hydroxylation sites is 1. The third-order valence-corrected chi connectivity index (χ3v) is 6.67. The van der Waals surface area contributed by atoms with Crippen LogP contribution >= 0.6 is 0 Å². The number of aromatic nitrogens is 1. The summed E-state index contributed by atoms with van der Waals surface area (Å²) in [5.41, 5.74) is 1.70. The average molecular weight is 396 g/mol. The molecule has 0 aliphatic heterocycles. The van der Waals surface area contributed by atoms with Crippen molar-refractivity contribution in [1.29, 1.82) is 0 Å². The number of carbonyl (C=O) groups excluding carboxylic acids is 2. The second-order valence-electron chi connectivity index (χ2n) is 8.60. The lowest BCUT2D eigenvalue weighted by Gasteiger charge is -2.34. The van der Waals surface area contributed by atoms with E-state index in [0.29, 0.717) is 5.56 Å². The molecule has 0 saturated heterocycles. The van der Waals surface area contributed by atoms with E-state index in [4.69, 9.17) is 0 Å². The monoisotopic (exact) mass is 395 g/mol. The van der Waals surface area contributed by atoms with Crippen LogP contribution in [0, 0.1) is 0 Å². The van der Waals surface area contributed by atoms with Gasteiger partial charge in [-0.25, -0.2) is 4.79 Å². The summed E-state index contributed by atoms with van der Waals surface area (Å²) in [7, 11) is 0. The highest BCUT2D eigenvalue weighted by Gasteiger charge is 2.34. The van der Waals surface area contributed by atoms with Gasteiger partial charge in [-0.3, -0.25) is 9.69 Å². The van der Waals surface area contributed by atoms with E-state index in [9.17, 15) is 9.59 Å². The normalized spacial score (nSPS) is 18.7. The molecular formula is C24H33N3O2. The van der Waals surface area contributed by atoms with Crippen LogP contribution in [0.5, 0.6) is 0 Å². The van der Waals surface area contributed by atoms with Crippen LogP contribution in [-0.2, 0) is 6.54 Å². The third-order valence-electron chi connectivity index (χ3n) is 6.67. The highest BCUT2D eigenvalue weighted by atomic mass is 16.2. The summed E-state index contributed by atoms with van der Waals surface area (Å²) in [6.07, 6.45) is 12.7. The van der Waals surface area contributed by atoms with Crippen LogP contribution in [-0.4, -0.2) is 33.5 Å². The molecule has 0 radical (unpaired) electrons. The molecule has 0 spiro atoms. The minimum atomic E-state index is -0.192. The number of urea groups is 1. The molecule has 5 heteroatoms. The largest absolute Gasteiger partial charge is 0.347 e. The molecule has 3 amide bonds. The highest BCUT2D eigenvalue weighted by Crippen LogP contribution is 2.28. The Morgan fingerprint density at radius 2 is 1.66 bits per heavy atom. The molecule has 2 aromatic rings. The molecule has 2 aliphatic carbocycles. The molecule has 5 nitrogen and oxygen atoms in total. The maximum absolute atomic E-state index is 13.7. The van der Waals surface area contributed by atoms with Crippen molar-refractivity contribution in [3.63, 3.8) is 0 Å². The Labute approximate surface area is 173 Å². The maximum Gasteiger partial charge on any atom is 0.324 e. The van der Waals surface area contributed by atoms with Gasteiger partial charge >= 0.3 is 6.03 Å². The first kappa shape index (κ1) is 20.0. The number of rotatable bonds is 4. The number of benzene rings is 1. The summed E-state index contributed by atoms with van der Waals surface area (Å²) in [5, 5.41) is 4.13.